The maximum absolute atomic E-state index is 6.06. The second-order valence-electron chi connectivity index (χ2n) is 5.44. The van der Waals surface area contributed by atoms with Gasteiger partial charge in [0.2, 0.25) is 0 Å². The lowest BCUT2D eigenvalue weighted by Crippen LogP contribution is -2.23. The topological polar surface area (TPSA) is 18.5 Å². The number of benzene rings is 2. The van der Waals surface area contributed by atoms with Gasteiger partial charge in [0.15, 0.2) is 0 Å². The fourth-order valence-corrected chi connectivity index (χ4v) is 2.69. The number of fused-ring (bicyclic) bond motifs is 1. The summed E-state index contributed by atoms with van der Waals surface area (Å²) < 4.78 is 11.9. The van der Waals surface area contributed by atoms with E-state index in [1.54, 1.807) is 0 Å². The van der Waals surface area contributed by atoms with Crippen LogP contribution in [0.15, 0.2) is 48.5 Å². The predicted molar refractivity (Wildman–Crippen MR) is 80.1 cm³/mol. The van der Waals surface area contributed by atoms with Gasteiger partial charge in [-0.05, 0) is 18.1 Å². The third-order valence-electron chi connectivity index (χ3n) is 3.95. The van der Waals surface area contributed by atoms with E-state index < -0.39 is 0 Å². The molecule has 0 radical (unpaired) electrons. The molecule has 20 heavy (non-hydrogen) atoms. The summed E-state index contributed by atoms with van der Waals surface area (Å²) in [5.41, 5.74) is 3.71. The van der Waals surface area contributed by atoms with Gasteiger partial charge in [0.1, 0.15) is 11.9 Å². The lowest BCUT2D eigenvalue weighted by atomic mass is 9.97. The fraction of sp³-hybridized carbons (Fsp3) is 0.333. The van der Waals surface area contributed by atoms with Gasteiger partial charge in [-0.25, -0.2) is 0 Å². The monoisotopic (exact) mass is 268 g/mol. The standard InChI is InChI=1S/C18H20O2/c1-13-7-6-10-16-14(2)17(20-18(13)16)12-19-11-15-8-4-3-5-9-15/h3-10,14,17H,11-12H2,1-2H3/t14-,17-/m1/s1. The van der Waals surface area contributed by atoms with E-state index in [9.17, 15) is 0 Å². The molecule has 3 rings (SSSR count). The van der Waals surface area contributed by atoms with Gasteiger partial charge >= 0.3 is 0 Å². The zero-order chi connectivity index (χ0) is 13.9. The van der Waals surface area contributed by atoms with E-state index in [1.807, 2.05) is 18.2 Å². The average Bonchev–Trinajstić information content (AvgIpc) is 2.79. The summed E-state index contributed by atoms with van der Waals surface area (Å²) in [4.78, 5) is 0. The molecule has 0 fully saturated rings. The summed E-state index contributed by atoms with van der Waals surface area (Å²) in [7, 11) is 0. The summed E-state index contributed by atoms with van der Waals surface area (Å²) in [6, 6.07) is 16.6. The molecule has 0 saturated heterocycles. The van der Waals surface area contributed by atoms with Crippen LogP contribution < -0.4 is 4.74 Å². The Morgan fingerprint density at radius 3 is 2.60 bits per heavy atom. The molecule has 0 aromatic heterocycles. The van der Waals surface area contributed by atoms with Crippen molar-refractivity contribution in [1.29, 1.82) is 0 Å². The van der Waals surface area contributed by atoms with Crippen molar-refractivity contribution in [3.05, 3.63) is 65.2 Å². The largest absolute Gasteiger partial charge is 0.487 e. The molecular formula is C18H20O2. The van der Waals surface area contributed by atoms with Gasteiger partial charge in [0.25, 0.3) is 0 Å². The quantitative estimate of drug-likeness (QED) is 0.832. The number of rotatable bonds is 4. The second-order valence-corrected chi connectivity index (χ2v) is 5.44. The number of hydrogen-bond donors (Lipinski definition) is 0. The molecule has 1 heterocycles. The summed E-state index contributed by atoms with van der Waals surface area (Å²) in [6.07, 6.45) is 0.120. The first-order valence-electron chi connectivity index (χ1n) is 7.13. The molecule has 1 aliphatic rings. The molecule has 2 heteroatoms. The van der Waals surface area contributed by atoms with Crippen LogP contribution in [0.25, 0.3) is 0 Å². The van der Waals surface area contributed by atoms with E-state index in [4.69, 9.17) is 9.47 Å². The van der Waals surface area contributed by atoms with Crippen LogP contribution in [0.2, 0.25) is 0 Å². The molecule has 0 unspecified atom stereocenters. The van der Waals surface area contributed by atoms with Crippen molar-refractivity contribution in [3.63, 3.8) is 0 Å². The molecule has 0 amide bonds. The maximum atomic E-state index is 6.06. The highest BCUT2D eigenvalue weighted by molar-refractivity contribution is 5.46. The highest BCUT2D eigenvalue weighted by atomic mass is 16.5. The van der Waals surface area contributed by atoms with Gasteiger partial charge in [0, 0.05) is 11.5 Å². The first-order valence-corrected chi connectivity index (χ1v) is 7.13. The van der Waals surface area contributed by atoms with Crippen LogP contribution in [0.1, 0.15) is 29.5 Å². The molecule has 0 spiro atoms. The van der Waals surface area contributed by atoms with Crippen LogP contribution in [-0.4, -0.2) is 12.7 Å². The molecule has 0 aliphatic carbocycles. The minimum absolute atomic E-state index is 0.120. The summed E-state index contributed by atoms with van der Waals surface area (Å²) in [5, 5.41) is 0. The predicted octanol–water partition coefficient (Wildman–Crippen LogP) is 4.08. The highest BCUT2D eigenvalue weighted by Gasteiger charge is 2.31. The van der Waals surface area contributed by atoms with E-state index in [2.05, 4.69) is 44.2 Å². The Morgan fingerprint density at radius 2 is 1.85 bits per heavy atom. The Bertz CT molecular complexity index is 577. The van der Waals surface area contributed by atoms with Gasteiger partial charge in [-0.1, -0.05) is 55.5 Å². The number of para-hydroxylation sites is 1. The minimum atomic E-state index is 0.120. The third-order valence-corrected chi connectivity index (χ3v) is 3.95. The Kier molecular flexibility index (Phi) is 3.75. The van der Waals surface area contributed by atoms with Gasteiger partial charge in [-0.3, -0.25) is 0 Å². The minimum Gasteiger partial charge on any atom is -0.487 e. The normalized spacial score (nSPS) is 20.5. The van der Waals surface area contributed by atoms with Gasteiger partial charge in [0.05, 0.1) is 13.2 Å². The Balaban J connectivity index is 1.59. The van der Waals surface area contributed by atoms with Crippen LogP contribution in [-0.2, 0) is 11.3 Å². The van der Waals surface area contributed by atoms with Crippen LogP contribution in [0.3, 0.4) is 0 Å². The molecule has 2 atom stereocenters. The van der Waals surface area contributed by atoms with Crippen LogP contribution >= 0.6 is 0 Å². The zero-order valence-corrected chi connectivity index (χ0v) is 12.0. The first kappa shape index (κ1) is 13.2. The summed E-state index contributed by atoms with van der Waals surface area (Å²) in [6.45, 7) is 5.58. The first-order chi connectivity index (χ1) is 9.75. The Labute approximate surface area is 120 Å². The molecule has 2 aromatic rings. The van der Waals surface area contributed by atoms with E-state index in [1.165, 1.54) is 16.7 Å². The van der Waals surface area contributed by atoms with Crippen molar-refractivity contribution in [3.8, 4) is 5.75 Å². The van der Waals surface area contributed by atoms with Crippen molar-refractivity contribution in [2.45, 2.75) is 32.5 Å². The number of ether oxygens (including phenoxy) is 2. The van der Waals surface area contributed by atoms with Crippen LogP contribution in [0.4, 0.5) is 0 Å². The lowest BCUT2D eigenvalue weighted by Gasteiger charge is -2.15. The molecular weight excluding hydrogens is 248 g/mol. The third kappa shape index (κ3) is 2.56. The highest BCUT2D eigenvalue weighted by Crippen LogP contribution is 2.40. The molecule has 2 nitrogen and oxygen atoms in total. The van der Waals surface area contributed by atoms with Crippen molar-refractivity contribution >= 4 is 0 Å². The Hall–Kier alpha value is -1.80. The summed E-state index contributed by atoms with van der Waals surface area (Å²) >= 11 is 0. The van der Waals surface area contributed by atoms with E-state index in [-0.39, 0.29) is 6.10 Å². The SMILES string of the molecule is Cc1cccc2c1O[C@H](COCc1ccccc1)[C@@H]2C. The van der Waals surface area contributed by atoms with Crippen LogP contribution in [0, 0.1) is 6.92 Å². The zero-order valence-electron chi connectivity index (χ0n) is 12.0. The second kappa shape index (κ2) is 5.68. The summed E-state index contributed by atoms with van der Waals surface area (Å²) in [5.74, 6) is 1.44. The molecule has 0 N–H and O–H groups in total. The van der Waals surface area contributed by atoms with Crippen molar-refractivity contribution in [2.24, 2.45) is 0 Å². The molecule has 104 valence electrons. The van der Waals surface area contributed by atoms with Gasteiger partial charge < -0.3 is 9.47 Å². The molecule has 0 saturated carbocycles. The van der Waals surface area contributed by atoms with Crippen LogP contribution in [0.5, 0.6) is 5.75 Å². The Morgan fingerprint density at radius 1 is 1.05 bits per heavy atom. The van der Waals surface area contributed by atoms with Gasteiger partial charge in [-0.15, -0.1) is 0 Å². The van der Waals surface area contributed by atoms with Gasteiger partial charge in [-0.2, -0.15) is 0 Å². The molecule has 2 aromatic carbocycles. The molecule has 1 aliphatic heterocycles. The lowest BCUT2D eigenvalue weighted by molar-refractivity contribution is 0.0425. The fourth-order valence-electron chi connectivity index (χ4n) is 2.69. The van der Waals surface area contributed by atoms with E-state index in [0.29, 0.717) is 19.1 Å². The van der Waals surface area contributed by atoms with Crippen molar-refractivity contribution in [1.82, 2.24) is 0 Å². The average molecular weight is 268 g/mol. The maximum Gasteiger partial charge on any atom is 0.129 e. The van der Waals surface area contributed by atoms with Crippen molar-refractivity contribution < 1.29 is 9.47 Å². The number of aryl methyl sites for hydroxylation is 1. The van der Waals surface area contributed by atoms with Crippen molar-refractivity contribution in [2.75, 3.05) is 6.61 Å². The van der Waals surface area contributed by atoms with E-state index >= 15 is 0 Å². The number of hydrogen-bond acceptors (Lipinski definition) is 2. The van der Waals surface area contributed by atoms with E-state index in [0.717, 1.165) is 5.75 Å². The molecule has 0 bridgehead atoms. The smallest absolute Gasteiger partial charge is 0.129 e.